The van der Waals surface area contributed by atoms with Gasteiger partial charge in [0, 0.05) is 17.7 Å². The number of nitrogens with zero attached hydrogens (tertiary/aromatic N) is 2. The first-order valence-corrected chi connectivity index (χ1v) is 6.56. The zero-order chi connectivity index (χ0) is 14.8. The Kier molecular flexibility index (Phi) is 3.39. The minimum absolute atomic E-state index is 0.261. The monoisotopic (exact) mass is 283 g/mol. The molecule has 0 fully saturated rings. The van der Waals surface area contributed by atoms with Gasteiger partial charge in [0.1, 0.15) is 5.82 Å². The van der Waals surface area contributed by atoms with Crippen molar-refractivity contribution >= 4 is 5.69 Å². The Balaban J connectivity index is 1.86. The smallest absolute Gasteiger partial charge is 0.258 e. The van der Waals surface area contributed by atoms with Crippen LogP contribution in [0, 0.1) is 12.7 Å². The summed E-state index contributed by atoms with van der Waals surface area (Å²) in [7, 11) is 0. The molecule has 0 saturated carbocycles. The molecule has 0 aliphatic rings. The van der Waals surface area contributed by atoms with Crippen molar-refractivity contribution in [3.05, 3.63) is 65.2 Å². The Hall–Kier alpha value is -2.69. The van der Waals surface area contributed by atoms with Gasteiger partial charge in [-0.3, -0.25) is 0 Å². The second-order valence-corrected chi connectivity index (χ2v) is 4.84. The third-order valence-electron chi connectivity index (χ3n) is 3.35. The van der Waals surface area contributed by atoms with E-state index in [9.17, 15) is 4.39 Å². The number of halogens is 1. The molecule has 3 aromatic rings. The Bertz CT molecular complexity index is 765. The number of anilines is 1. The Morgan fingerprint density at radius 2 is 1.90 bits per heavy atom. The van der Waals surface area contributed by atoms with Crippen molar-refractivity contribution in [3.8, 4) is 11.5 Å². The average Bonchev–Trinajstić information content (AvgIpc) is 2.93. The van der Waals surface area contributed by atoms with Gasteiger partial charge >= 0.3 is 0 Å². The van der Waals surface area contributed by atoms with Crippen LogP contribution >= 0.6 is 0 Å². The number of hydrogen-bond donors (Lipinski definition) is 1. The van der Waals surface area contributed by atoms with Crippen LogP contribution in [0.5, 0.6) is 0 Å². The fourth-order valence-electron chi connectivity index (χ4n) is 2.11. The summed E-state index contributed by atoms with van der Waals surface area (Å²) in [6, 6.07) is 11.8. The standard InChI is InChI=1S/C16H14FN3O/c1-10-13(3-2-4-14(10)18)16-19-15(20-21-16)9-11-5-7-12(17)8-6-11/h2-8H,9,18H2,1H3. The molecule has 0 amide bonds. The van der Waals surface area contributed by atoms with Crippen molar-refractivity contribution in [1.29, 1.82) is 0 Å². The van der Waals surface area contributed by atoms with Crippen LogP contribution in [0.1, 0.15) is 17.0 Å². The summed E-state index contributed by atoms with van der Waals surface area (Å²) in [5, 5.41) is 3.96. The van der Waals surface area contributed by atoms with Crippen molar-refractivity contribution in [2.75, 3.05) is 5.73 Å². The van der Waals surface area contributed by atoms with Gasteiger partial charge in [-0.05, 0) is 42.3 Å². The van der Waals surface area contributed by atoms with E-state index >= 15 is 0 Å². The van der Waals surface area contributed by atoms with E-state index in [4.69, 9.17) is 10.3 Å². The first kappa shape index (κ1) is 13.3. The van der Waals surface area contributed by atoms with Crippen molar-refractivity contribution in [2.45, 2.75) is 13.3 Å². The van der Waals surface area contributed by atoms with Crippen LogP contribution in [0.2, 0.25) is 0 Å². The van der Waals surface area contributed by atoms with Crippen LogP contribution in [0.4, 0.5) is 10.1 Å². The van der Waals surface area contributed by atoms with Gasteiger partial charge in [0.15, 0.2) is 5.82 Å². The lowest BCUT2D eigenvalue weighted by Gasteiger charge is -2.03. The molecule has 1 heterocycles. The maximum atomic E-state index is 12.9. The van der Waals surface area contributed by atoms with E-state index in [1.807, 2.05) is 25.1 Å². The average molecular weight is 283 g/mol. The number of aromatic nitrogens is 2. The van der Waals surface area contributed by atoms with Gasteiger partial charge in [-0.1, -0.05) is 23.4 Å². The van der Waals surface area contributed by atoms with Crippen LogP contribution in [-0.4, -0.2) is 10.1 Å². The number of rotatable bonds is 3. The highest BCUT2D eigenvalue weighted by atomic mass is 19.1. The van der Waals surface area contributed by atoms with Gasteiger partial charge in [0.2, 0.25) is 0 Å². The van der Waals surface area contributed by atoms with E-state index in [1.165, 1.54) is 12.1 Å². The van der Waals surface area contributed by atoms with Gasteiger partial charge in [-0.15, -0.1) is 0 Å². The van der Waals surface area contributed by atoms with Crippen molar-refractivity contribution in [3.63, 3.8) is 0 Å². The van der Waals surface area contributed by atoms with Crippen LogP contribution in [-0.2, 0) is 6.42 Å². The quantitative estimate of drug-likeness (QED) is 0.748. The SMILES string of the molecule is Cc1c(N)cccc1-c1nc(Cc2ccc(F)cc2)no1. The molecule has 4 nitrogen and oxygen atoms in total. The van der Waals surface area contributed by atoms with Crippen molar-refractivity contribution in [1.82, 2.24) is 10.1 Å². The second-order valence-electron chi connectivity index (χ2n) is 4.84. The third kappa shape index (κ3) is 2.76. The molecule has 2 N–H and O–H groups in total. The van der Waals surface area contributed by atoms with Gasteiger partial charge < -0.3 is 10.3 Å². The van der Waals surface area contributed by atoms with Gasteiger partial charge in [0.25, 0.3) is 5.89 Å². The highest BCUT2D eigenvalue weighted by molar-refractivity contribution is 5.66. The normalized spacial score (nSPS) is 10.8. The zero-order valence-corrected chi connectivity index (χ0v) is 11.5. The predicted molar refractivity (Wildman–Crippen MR) is 78.1 cm³/mol. The number of hydrogen-bond acceptors (Lipinski definition) is 4. The first-order chi connectivity index (χ1) is 10.1. The highest BCUT2D eigenvalue weighted by Gasteiger charge is 2.12. The van der Waals surface area contributed by atoms with Crippen molar-refractivity contribution < 1.29 is 8.91 Å². The molecule has 0 radical (unpaired) electrons. The maximum Gasteiger partial charge on any atom is 0.258 e. The van der Waals surface area contributed by atoms with E-state index in [0.717, 1.165) is 16.7 Å². The second kappa shape index (κ2) is 5.36. The molecular formula is C16H14FN3O. The predicted octanol–water partition coefficient (Wildman–Crippen LogP) is 3.36. The summed E-state index contributed by atoms with van der Waals surface area (Å²) in [4.78, 5) is 4.37. The van der Waals surface area contributed by atoms with E-state index in [2.05, 4.69) is 10.1 Å². The minimum Gasteiger partial charge on any atom is -0.398 e. The van der Waals surface area contributed by atoms with E-state index in [1.54, 1.807) is 12.1 Å². The summed E-state index contributed by atoms with van der Waals surface area (Å²) >= 11 is 0. The highest BCUT2D eigenvalue weighted by Crippen LogP contribution is 2.25. The molecular weight excluding hydrogens is 269 g/mol. The molecule has 0 bridgehead atoms. The van der Waals surface area contributed by atoms with E-state index in [-0.39, 0.29) is 5.82 Å². The number of benzene rings is 2. The van der Waals surface area contributed by atoms with Crippen molar-refractivity contribution in [2.24, 2.45) is 0 Å². The lowest BCUT2D eigenvalue weighted by Crippen LogP contribution is -1.93. The molecule has 106 valence electrons. The molecule has 0 saturated heterocycles. The summed E-state index contributed by atoms with van der Waals surface area (Å²) < 4.78 is 18.2. The minimum atomic E-state index is -0.261. The molecule has 0 unspecified atom stereocenters. The zero-order valence-electron chi connectivity index (χ0n) is 11.5. The number of nitrogen functional groups attached to an aromatic ring is 1. The summed E-state index contributed by atoms with van der Waals surface area (Å²) in [6.07, 6.45) is 0.491. The largest absolute Gasteiger partial charge is 0.398 e. The van der Waals surface area contributed by atoms with E-state index < -0.39 is 0 Å². The molecule has 0 aliphatic heterocycles. The first-order valence-electron chi connectivity index (χ1n) is 6.56. The number of nitrogens with two attached hydrogens (primary N) is 1. The van der Waals surface area contributed by atoms with Crippen LogP contribution in [0.15, 0.2) is 47.0 Å². The third-order valence-corrected chi connectivity index (χ3v) is 3.35. The Labute approximate surface area is 121 Å². The molecule has 0 atom stereocenters. The van der Waals surface area contributed by atoms with Gasteiger partial charge in [-0.25, -0.2) is 4.39 Å². The fraction of sp³-hybridized carbons (Fsp3) is 0.125. The summed E-state index contributed by atoms with van der Waals surface area (Å²) in [6.45, 7) is 1.91. The van der Waals surface area contributed by atoms with Gasteiger partial charge in [-0.2, -0.15) is 4.98 Å². The Morgan fingerprint density at radius 1 is 1.14 bits per heavy atom. The van der Waals surface area contributed by atoms with Crippen LogP contribution in [0.3, 0.4) is 0 Å². The molecule has 0 aliphatic carbocycles. The Morgan fingerprint density at radius 3 is 2.67 bits per heavy atom. The molecule has 1 aromatic heterocycles. The molecule has 0 spiro atoms. The van der Waals surface area contributed by atoms with Gasteiger partial charge in [0.05, 0.1) is 0 Å². The lowest BCUT2D eigenvalue weighted by molar-refractivity contribution is 0.423. The fourth-order valence-corrected chi connectivity index (χ4v) is 2.11. The molecule has 3 rings (SSSR count). The molecule has 21 heavy (non-hydrogen) atoms. The lowest BCUT2D eigenvalue weighted by atomic mass is 10.1. The topological polar surface area (TPSA) is 64.9 Å². The van der Waals surface area contributed by atoms with E-state index in [0.29, 0.717) is 23.8 Å². The molecule has 2 aromatic carbocycles. The molecule has 5 heteroatoms. The van der Waals surface area contributed by atoms with Crippen LogP contribution < -0.4 is 5.73 Å². The van der Waals surface area contributed by atoms with Crippen LogP contribution in [0.25, 0.3) is 11.5 Å². The summed E-state index contributed by atoms with van der Waals surface area (Å²) in [5.41, 5.74) is 9.23. The maximum absolute atomic E-state index is 12.9. The summed E-state index contributed by atoms with van der Waals surface area (Å²) in [5.74, 6) is 0.735.